The molecule has 0 radical (unpaired) electrons. The largest absolute Gasteiger partial charge is 0.478 e. The van der Waals surface area contributed by atoms with Gasteiger partial charge in [-0.25, -0.2) is 9.18 Å². The van der Waals surface area contributed by atoms with Crippen LogP contribution in [0.2, 0.25) is 5.02 Å². The van der Waals surface area contributed by atoms with Crippen molar-refractivity contribution in [3.05, 3.63) is 70.0 Å². The lowest BCUT2D eigenvalue weighted by Crippen LogP contribution is -2.14. The molecule has 112 valence electrons. The second-order valence-electron chi connectivity index (χ2n) is 4.31. The second kappa shape index (κ2) is 7.98. The summed E-state index contributed by atoms with van der Waals surface area (Å²) in [6.07, 6.45) is 0. The van der Waals surface area contributed by atoms with Crippen molar-refractivity contribution in [2.24, 2.45) is 0 Å². The van der Waals surface area contributed by atoms with E-state index in [1.165, 1.54) is 18.2 Å². The summed E-state index contributed by atoms with van der Waals surface area (Å²) in [7, 11) is 0. The molecule has 2 N–H and O–H groups in total. The van der Waals surface area contributed by atoms with Crippen molar-refractivity contribution >= 4 is 30.0 Å². The van der Waals surface area contributed by atoms with Gasteiger partial charge in [-0.2, -0.15) is 0 Å². The van der Waals surface area contributed by atoms with Crippen LogP contribution in [0.1, 0.15) is 21.5 Å². The summed E-state index contributed by atoms with van der Waals surface area (Å²) < 4.78 is 13.5. The van der Waals surface area contributed by atoms with Crippen molar-refractivity contribution in [1.29, 1.82) is 0 Å². The van der Waals surface area contributed by atoms with Gasteiger partial charge in [-0.05, 0) is 29.8 Å². The molecule has 0 fully saturated rings. The van der Waals surface area contributed by atoms with Gasteiger partial charge in [0.25, 0.3) is 0 Å². The van der Waals surface area contributed by atoms with Crippen LogP contribution in [0.4, 0.5) is 4.39 Å². The summed E-state index contributed by atoms with van der Waals surface area (Å²) in [5, 5.41) is 12.3. The number of rotatable bonds is 5. The number of hydrogen-bond acceptors (Lipinski definition) is 2. The highest BCUT2D eigenvalue weighted by molar-refractivity contribution is 6.31. The van der Waals surface area contributed by atoms with Crippen LogP contribution in [0.5, 0.6) is 0 Å². The molecule has 0 aliphatic carbocycles. The molecule has 0 aliphatic rings. The van der Waals surface area contributed by atoms with Gasteiger partial charge < -0.3 is 10.4 Å². The number of benzene rings is 2. The molecule has 0 saturated carbocycles. The summed E-state index contributed by atoms with van der Waals surface area (Å²) >= 11 is 5.92. The fourth-order valence-electron chi connectivity index (χ4n) is 1.80. The second-order valence-corrected chi connectivity index (χ2v) is 4.71. The van der Waals surface area contributed by atoms with Gasteiger partial charge in [0, 0.05) is 23.7 Å². The molecule has 3 nitrogen and oxygen atoms in total. The first kappa shape index (κ1) is 17.4. The van der Waals surface area contributed by atoms with Gasteiger partial charge in [0.2, 0.25) is 0 Å². The molecule has 0 aliphatic heterocycles. The minimum absolute atomic E-state index is 0. The number of carbonyl (C=O) groups is 1. The Bertz CT molecular complexity index is 597. The van der Waals surface area contributed by atoms with Gasteiger partial charge in [-0.15, -0.1) is 12.4 Å². The van der Waals surface area contributed by atoms with E-state index in [-0.39, 0.29) is 23.8 Å². The van der Waals surface area contributed by atoms with E-state index >= 15 is 0 Å². The molecule has 0 heterocycles. The SMILES string of the molecule is Cl.O=C(O)c1ccc(CNCc2c(F)cccc2Cl)cc1. The average Bonchev–Trinajstić information content (AvgIpc) is 2.42. The van der Waals surface area contributed by atoms with E-state index in [1.54, 1.807) is 24.3 Å². The van der Waals surface area contributed by atoms with Gasteiger partial charge in [-0.1, -0.05) is 29.8 Å². The molecule has 0 aromatic heterocycles. The molecule has 6 heteroatoms. The quantitative estimate of drug-likeness (QED) is 0.874. The first-order chi connectivity index (χ1) is 9.58. The van der Waals surface area contributed by atoms with Crippen molar-refractivity contribution in [3.63, 3.8) is 0 Å². The van der Waals surface area contributed by atoms with Crippen molar-refractivity contribution in [2.45, 2.75) is 13.1 Å². The first-order valence-electron chi connectivity index (χ1n) is 6.04. The van der Waals surface area contributed by atoms with Crippen molar-refractivity contribution in [2.75, 3.05) is 0 Å². The van der Waals surface area contributed by atoms with Gasteiger partial charge in [0.15, 0.2) is 0 Å². The average molecular weight is 330 g/mol. The van der Waals surface area contributed by atoms with Crippen LogP contribution in [-0.2, 0) is 13.1 Å². The molecular weight excluding hydrogens is 316 g/mol. The van der Waals surface area contributed by atoms with Gasteiger partial charge >= 0.3 is 5.97 Å². The number of halogens is 3. The fourth-order valence-corrected chi connectivity index (χ4v) is 2.03. The molecule has 2 aromatic rings. The van der Waals surface area contributed by atoms with Crippen LogP contribution in [0, 0.1) is 5.82 Å². The van der Waals surface area contributed by atoms with E-state index in [0.29, 0.717) is 23.7 Å². The fraction of sp³-hybridized carbons (Fsp3) is 0.133. The number of carboxylic acid groups (broad SMARTS) is 1. The zero-order chi connectivity index (χ0) is 14.5. The van der Waals surface area contributed by atoms with Crippen LogP contribution in [-0.4, -0.2) is 11.1 Å². The molecular formula is C15H14Cl2FNO2. The zero-order valence-corrected chi connectivity index (χ0v) is 12.5. The van der Waals surface area contributed by atoms with Crippen LogP contribution in [0.25, 0.3) is 0 Å². The first-order valence-corrected chi connectivity index (χ1v) is 6.41. The molecule has 0 spiro atoms. The summed E-state index contributed by atoms with van der Waals surface area (Å²) in [6.45, 7) is 0.816. The lowest BCUT2D eigenvalue weighted by Gasteiger charge is -2.08. The van der Waals surface area contributed by atoms with E-state index < -0.39 is 5.97 Å². The van der Waals surface area contributed by atoms with Crippen molar-refractivity contribution < 1.29 is 14.3 Å². The summed E-state index contributed by atoms with van der Waals surface area (Å²) in [4.78, 5) is 10.7. The number of aromatic carboxylic acids is 1. The summed E-state index contributed by atoms with van der Waals surface area (Å²) in [5.74, 6) is -1.30. The summed E-state index contributed by atoms with van der Waals surface area (Å²) in [5.41, 5.74) is 1.59. The van der Waals surface area contributed by atoms with Crippen molar-refractivity contribution in [3.8, 4) is 0 Å². The molecule has 0 unspecified atom stereocenters. The summed E-state index contributed by atoms with van der Waals surface area (Å²) in [6, 6.07) is 11.1. The smallest absolute Gasteiger partial charge is 0.335 e. The Kier molecular flexibility index (Phi) is 6.62. The van der Waals surface area contributed by atoms with Crippen LogP contribution >= 0.6 is 24.0 Å². The molecule has 0 amide bonds. The van der Waals surface area contributed by atoms with E-state index in [1.807, 2.05) is 0 Å². The molecule has 0 bridgehead atoms. The Morgan fingerprint density at radius 3 is 2.38 bits per heavy atom. The van der Waals surface area contributed by atoms with Crippen LogP contribution in [0.3, 0.4) is 0 Å². The van der Waals surface area contributed by atoms with Gasteiger partial charge in [0.1, 0.15) is 5.82 Å². The molecule has 0 saturated heterocycles. The van der Waals surface area contributed by atoms with E-state index in [9.17, 15) is 9.18 Å². The highest BCUT2D eigenvalue weighted by Gasteiger charge is 2.06. The standard InChI is InChI=1S/C15H13ClFNO2.ClH/c16-13-2-1-3-14(17)12(13)9-18-8-10-4-6-11(7-5-10)15(19)20;/h1-7,18H,8-9H2,(H,19,20);1H. The molecule has 21 heavy (non-hydrogen) atoms. The minimum Gasteiger partial charge on any atom is -0.478 e. The third kappa shape index (κ3) is 4.70. The lowest BCUT2D eigenvalue weighted by atomic mass is 10.1. The number of hydrogen-bond donors (Lipinski definition) is 2. The number of nitrogens with one attached hydrogen (secondary N) is 1. The van der Waals surface area contributed by atoms with Crippen molar-refractivity contribution in [1.82, 2.24) is 5.32 Å². The third-order valence-electron chi connectivity index (χ3n) is 2.89. The number of carboxylic acids is 1. The maximum atomic E-state index is 13.5. The topological polar surface area (TPSA) is 49.3 Å². The van der Waals surface area contributed by atoms with Gasteiger partial charge in [0.05, 0.1) is 5.56 Å². The van der Waals surface area contributed by atoms with E-state index in [4.69, 9.17) is 16.7 Å². The van der Waals surface area contributed by atoms with Gasteiger partial charge in [-0.3, -0.25) is 0 Å². The van der Waals surface area contributed by atoms with Crippen LogP contribution in [0.15, 0.2) is 42.5 Å². The van der Waals surface area contributed by atoms with E-state index in [2.05, 4.69) is 5.32 Å². The zero-order valence-electron chi connectivity index (χ0n) is 11.0. The Morgan fingerprint density at radius 2 is 1.81 bits per heavy atom. The minimum atomic E-state index is -0.956. The van der Waals surface area contributed by atoms with E-state index in [0.717, 1.165) is 5.56 Å². The predicted octanol–water partition coefficient (Wildman–Crippen LogP) is 3.89. The Morgan fingerprint density at radius 1 is 1.14 bits per heavy atom. The lowest BCUT2D eigenvalue weighted by molar-refractivity contribution is 0.0697. The Balaban J connectivity index is 0.00000220. The maximum absolute atomic E-state index is 13.5. The highest BCUT2D eigenvalue weighted by atomic mass is 35.5. The normalized spacial score (nSPS) is 10.0. The Hall–Kier alpha value is -1.62. The molecule has 0 atom stereocenters. The molecule has 2 aromatic carbocycles. The molecule has 2 rings (SSSR count). The monoisotopic (exact) mass is 329 g/mol. The van der Waals surface area contributed by atoms with Crippen LogP contribution < -0.4 is 5.32 Å². The highest BCUT2D eigenvalue weighted by Crippen LogP contribution is 2.18. The predicted molar refractivity (Wildman–Crippen MR) is 82.6 cm³/mol. The Labute approximate surface area is 133 Å². The third-order valence-corrected chi connectivity index (χ3v) is 3.25. The maximum Gasteiger partial charge on any atom is 0.335 e.